The molecule has 0 saturated carbocycles. The molecule has 1 aromatic heterocycles. The second-order valence-electron chi connectivity index (χ2n) is 4.70. The Bertz CT molecular complexity index is 706. The van der Waals surface area contributed by atoms with Gasteiger partial charge in [-0.2, -0.15) is 0 Å². The van der Waals surface area contributed by atoms with Gasteiger partial charge in [0.1, 0.15) is 5.76 Å². The summed E-state index contributed by atoms with van der Waals surface area (Å²) in [6, 6.07) is 3.19. The Balaban J connectivity index is 2.29. The van der Waals surface area contributed by atoms with Crippen molar-refractivity contribution in [2.45, 2.75) is 25.4 Å². The molecule has 1 aromatic carbocycles. The van der Waals surface area contributed by atoms with Crippen LogP contribution in [0.4, 0.5) is 0 Å². The molecule has 1 unspecified atom stereocenters. The molecule has 0 fully saturated rings. The highest BCUT2D eigenvalue weighted by Gasteiger charge is 2.24. The number of hydrogen-bond donors (Lipinski definition) is 0. The summed E-state index contributed by atoms with van der Waals surface area (Å²) in [6.45, 7) is 0. The van der Waals surface area contributed by atoms with Crippen LogP contribution in [0.25, 0.3) is 11.0 Å². The Morgan fingerprint density at radius 3 is 2.89 bits per heavy atom. The average Bonchev–Trinajstić information content (AvgIpc) is 2.40. The summed E-state index contributed by atoms with van der Waals surface area (Å²) in [7, 11) is 1.66. The predicted octanol–water partition coefficient (Wildman–Crippen LogP) is 3.60. The highest BCUT2D eigenvalue weighted by molar-refractivity contribution is 6.38. The maximum Gasteiger partial charge on any atom is 0.196 e. The monoisotopic (exact) mass is 298 g/mol. The standard InChI is InChI=1S/C14H12Cl2O3/c1-18-8-2-3-12-9(6-8)13(17)10-4-7(15)5-11(16)14(10)19-12/h4-5,8H,2-3,6H2,1H3. The van der Waals surface area contributed by atoms with Gasteiger partial charge in [0, 0.05) is 30.5 Å². The van der Waals surface area contributed by atoms with Crippen molar-refractivity contribution in [3.05, 3.63) is 43.7 Å². The first-order valence-corrected chi connectivity index (χ1v) is 6.82. The lowest BCUT2D eigenvalue weighted by molar-refractivity contribution is 0.0877. The molecule has 1 aliphatic rings. The minimum atomic E-state index is -0.0533. The molecule has 5 heteroatoms. The van der Waals surface area contributed by atoms with E-state index in [0.717, 1.165) is 12.2 Å². The average molecular weight is 299 g/mol. The Morgan fingerprint density at radius 2 is 2.16 bits per heavy atom. The number of halogens is 2. The summed E-state index contributed by atoms with van der Waals surface area (Å²) < 4.78 is 11.1. The minimum Gasteiger partial charge on any atom is -0.459 e. The van der Waals surface area contributed by atoms with Crippen LogP contribution >= 0.6 is 23.2 Å². The number of benzene rings is 1. The largest absolute Gasteiger partial charge is 0.459 e. The van der Waals surface area contributed by atoms with Crippen molar-refractivity contribution in [1.29, 1.82) is 0 Å². The van der Waals surface area contributed by atoms with E-state index < -0.39 is 0 Å². The topological polar surface area (TPSA) is 39.4 Å². The van der Waals surface area contributed by atoms with Crippen molar-refractivity contribution in [3.63, 3.8) is 0 Å². The number of aryl methyl sites for hydroxylation is 1. The van der Waals surface area contributed by atoms with Crippen LogP contribution in [0.3, 0.4) is 0 Å². The van der Waals surface area contributed by atoms with Gasteiger partial charge in [0.15, 0.2) is 11.0 Å². The molecule has 0 radical (unpaired) electrons. The maximum absolute atomic E-state index is 12.5. The Labute approximate surface area is 120 Å². The van der Waals surface area contributed by atoms with Crippen LogP contribution in [0.15, 0.2) is 21.3 Å². The van der Waals surface area contributed by atoms with E-state index in [4.69, 9.17) is 32.4 Å². The third-order valence-corrected chi connectivity index (χ3v) is 4.05. The second-order valence-corrected chi connectivity index (χ2v) is 5.54. The van der Waals surface area contributed by atoms with Crippen molar-refractivity contribution in [1.82, 2.24) is 0 Å². The molecule has 0 amide bonds. The van der Waals surface area contributed by atoms with Crippen molar-refractivity contribution in [2.75, 3.05) is 7.11 Å². The number of ether oxygens (including phenoxy) is 1. The molecule has 0 spiro atoms. The van der Waals surface area contributed by atoms with Gasteiger partial charge in [-0.3, -0.25) is 4.79 Å². The molecule has 1 heterocycles. The van der Waals surface area contributed by atoms with Crippen molar-refractivity contribution in [2.24, 2.45) is 0 Å². The van der Waals surface area contributed by atoms with Gasteiger partial charge in [0.2, 0.25) is 0 Å². The van der Waals surface area contributed by atoms with Crippen LogP contribution in [0.5, 0.6) is 0 Å². The van der Waals surface area contributed by atoms with Gasteiger partial charge in [0.25, 0.3) is 0 Å². The third-order valence-electron chi connectivity index (χ3n) is 3.55. The van der Waals surface area contributed by atoms with E-state index in [1.54, 1.807) is 19.2 Å². The molecular formula is C14H12Cl2O3. The molecule has 100 valence electrons. The van der Waals surface area contributed by atoms with E-state index in [9.17, 15) is 4.79 Å². The van der Waals surface area contributed by atoms with Crippen molar-refractivity contribution in [3.8, 4) is 0 Å². The van der Waals surface area contributed by atoms with Crippen LogP contribution in [0.2, 0.25) is 10.0 Å². The first kappa shape index (κ1) is 13.0. The molecule has 19 heavy (non-hydrogen) atoms. The van der Waals surface area contributed by atoms with Crippen LogP contribution in [0, 0.1) is 0 Å². The van der Waals surface area contributed by atoms with Crippen molar-refractivity contribution < 1.29 is 9.15 Å². The molecule has 1 aliphatic carbocycles. The van der Waals surface area contributed by atoms with E-state index >= 15 is 0 Å². The fraction of sp³-hybridized carbons (Fsp3) is 0.357. The van der Waals surface area contributed by atoms with E-state index in [1.807, 2.05) is 0 Å². The van der Waals surface area contributed by atoms with Crippen LogP contribution in [-0.4, -0.2) is 13.2 Å². The first-order chi connectivity index (χ1) is 9.10. The molecule has 0 bridgehead atoms. The van der Waals surface area contributed by atoms with Gasteiger partial charge in [-0.25, -0.2) is 0 Å². The van der Waals surface area contributed by atoms with Gasteiger partial charge < -0.3 is 9.15 Å². The normalized spacial score (nSPS) is 18.6. The second kappa shape index (κ2) is 4.82. The highest BCUT2D eigenvalue weighted by Crippen LogP contribution is 2.30. The lowest BCUT2D eigenvalue weighted by Crippen LogP contribution is -2.26. The van der Waals surface area contributed by atoms with Gasteiger partial charge in [-0.15, -0.1) is 0 Å². The molecule has 0 saturated heterocycles. The summed E-state index contributed by atoms with van der Waals surface area (Å²) in [5.41, 5.74) is 1.05. The first-order valence-electron chi connectivity index (χ1n) is 6.06. The number of rotatable bonds is 1. The summed E-state index contributed by atoms with van der Waals surface area (Å²) in [5, 5.41) is 1.24. The smallest absolute Gasteiger partial charge is 0.196 e. The Kier molecular flexibility index (Phi) is 3.29. The fourth-order valence-electron chi connectivity index (χ4n) is 2.54. The highest BCUT2D eigenvalue weighted by atomic mass is 35.5. The summed E-state index contributed by atoms with van der Waals surface area (Å²) in [5.74, 6) is 0.718. The molecule has 3 rings (SSSR count). The number of methoxy groups -OCH3 is 1. The van der Waals surface area contributed by atoms with Crippen molar-refractivity contribution >= 4 is 34.2 Å². The zero-order chi connectivity index (χ0) is 13.6. The molecule has 2 aromatic rings. The summed E-state index contributed by atoms with van der Waals surface area (Å²) >= 11 is 12.0. The molecule has 1 atom stereocenters. The van der Waals surface area contributed by atoms with Crippen LogP contribution in [0.1, 0.15) is 17.7 Å². The van der Waals surface area contributed by atoms with E-state index in [2.05, 4.69) is 0 Å². The predicted molar refractivity (Wildman–Crippen MR) is 75.3 cm³/mol. The zero-order valence-corrected chi connectivity index (χ0v) is 11.8. The quantitative estimate of drug-likeness (QED) is 0.807. The van der Waals surface area contributed by atoms with Gasteiger partial charge in [-0.1, -0.05) is 23.2 Å². The maximum atomic E-state index is 12.5. The lowest BCUT2D eigenvalue weighted by Gasteiger charge is -2.22. The van der Waals surface area contributed by atoms with Crippen LogP contribution in [-0.2, 0) is 17.6 Å². The fourth-order valence-corrected chi connectivity index (χ4v) is 3.07. The van der Waals surface area contributed by atoms with Gasteiger partial charge >= 0.3 is 0 Å². The Hall–Kier alpha value is -1.03. The molecule has 0 aliphatic heterocycles. The van der Waals surface area contributed by atoms with Gasteiger partial charge in [0.05, 0.1) is 16.5 Å². The van der Waals surface area contributed by atoms with E-state index in [-0.39, 0.29) is 11.5 Å². The third kappa shape index (κ3) is 2.16. The number of hydrogen-bond acceptors (Lipinski definition) is 3. The minimum absolute atomic E-state index is 0.0533. The Morgan fingerprint density at radius 1 is 1.37 bits per heavy atom. The summed E-state index contributed by atoms with van der Waals surface area (Å²) in [4.78, 5) is 12.5. The number of fused-ring (bicyclic) bond motifs is 2. The molecule has 0 N–H and O–H groups in total. The van der Waals surface area contributed by atoms with Crippen LogP contribution < -0.4 is 5.43 Å². The van der Waals surface area contributed by atoms with E-state index in [1.165, 1.54) is 0 Å². The zero-order valence-electron chi connectivity index (χ0n) is 10.3. The lowest BCUT2D eigenvalue weighted by atomic mass is 9.93. The summed E-state index contributed by atoms with van der Waals surface area (Å²) in [6.07, 6.45) is 2.19. The SMILES string of the molecule is COC1CCc2oc3c(Cl)cc(Cl)cc3c(=O)c2C1. The molecular weight excluding hydrogens is 287 g/mol. The molecule has 3 nitrogen and oxygen atoms in total. The van der Waals surface area contributed by atoms with E-state index in [0.29, 0.717) is 39.4 Å². The van der Waals surface area contributed by atoms with Gasteiger partial charge in [-0.05, 0) is 18.6 Å².